The monoisotopic (exact) mass is 377 g/mol. The minimum atomic E-state index is -0.100. The molecule has 144 valence electrons. The topological polar surface area (TPSA) is 85.8 Å². The Labute approximate surface area is 163 Å². The van der Waals surface area contributed by atoms with Crippen LogP contribution in [0.3, 0.4) is 0 Å². The summed E-state index contributed by atoms with van der Waals surface area (Å²) in [7, 11) is 1.77. The van der Waals surface area contributed by atoms with E-state index in [4.69, 9.17) is 4.52 Å². The average Bonchev–Trinajstić information content (AvgIpc) is 3.14. The van der Waals surface area contributed by atoms with Crippen LogP contribution in [-0.4, -0.2) is 25.8 Å². The predicted octanol–water partition coefficient (Wildman–Crippen LogP) is 3.40. The van der Waals surface area contributed by atoms with Gasteiger partial charge in [0, 0.05) is 24.7 Å². The molecule has 7 heteroatoms. The number of carbonyl (C=O) groups excluding carboxylic acids is 1. The molecule has 7 nitrogen and oxygen atoms in total. The summed E-state index contributed by atoms with van der Waals surface area (Å²) in [6, 6.07) is 7.95. The molecule has 0 spiro atoms. The van der Waals surface area contributed by atoms with Crippen molar-refractivity contribution in [3.8, 4) is 11.4 Å². The molecule has 3 aromatic rings. The van der Waals surface area contributed by atoms with Crippen LogP contribution in [0, 0.1) is 5.41 Å². The Morgan fingerprint density at radius 1 is 1.32 bits per heavy atom. The third-order valence-electron chi connectivity index (χ3n) is 6.09. The van der Waals surface area contributed by atoms with Crippen LogP contribution in [0.5, 0.6) is 0 Å². The number of amides is 1. The van der Waals surface area contributed by atoms with Crippen molar-refractivity contribution in [1.29, 1.82) is 0 Å². The van der Waals surface area contributed by atoms with Gasteiger partial charge in [-0.2, -0.15) is 10.1 Å². The van der Waals surface area contributed by atoms with Gasteiger partial charge >= 0.3 is 0 Å². The molecule has 2 atom stereocenters. The molecule has 5 rings (SSSR count). The number of nitrogens with one attached hydrogen (secondary N) is 1. The van der Waals surface area contributed by atoms with Gasteiger partial charge in [0.25, 0.3) is 5.91 Å². The number of hydrogen-bond acceptors (Lipinski definition) is 5. The Morgan fingerprint density at radius 3 is 2.86 bits per heavy atom. The number of hydrogen-bond donors (Lipinski definition) is 1. The molecule has 2 aliphatic rings. The summed E-state index contributed by atoms with van der Waals surface area (Å²) in [5.41, 5.74) is 4.18. The number of aryl methyl sites for hydroxylation is 2. The Morgan fingerprint density at radius 2 is 2.14 bits per heavy atom. The van der Waals surface area contributed by atoms with E-state index >= 15 is 0 Å². The SMILES string of the molecule is Cn1nccc1C(=O)N[C@@H]1CCc2cc(-c3noc(C4CC4(C)C)n3)ccc21. The van der Waals surface area contributed by atoms with Gasteiger partial charge in [-0.25, -0.2) is 0 Å². The van der Waals surface area contributed by atoms with Gasteiger partial charge in [-0.15, -0.1) is 0 Å². The van der Waals surface area contributed by atoms with Gasteiger partial charge in [-0.05, 0) is 47.9 Å². The summed E-state index contributed by atoms with van der Waals surface area (Å²) in [6.45, 7) is 4.44. The van der Waals surface area contributed by atoms with Crippen molar-refractivity contribution in [3.05, 3.63) is 53.2 Å². The Bertz CT molecular complexity index is 1060. The quantitative estimate of drug-likeness (QED) is 0.753. The molecule has 0 aliphatic heterocycles. The van der Waals surface area contributed by atoms with Crippen LogP contribution < -0.4 is 5.32 Å². The second-order valence-electron chi connectivity index (χ2n) is 8.52. The standard InChI is InChI=1S/C21H23N5O2/c1-21(2)11-15(21)20-24-18(25-28-20)13-4-6-14-12(10-13)5-7-16(14)23-19(27)17-8-9-22-26(17)3/h4,6,8-10,15-16H,5,7,11H2,1-3H3,(H,23,27)/t15?,16-/m1/s1. The molecule has 28 heavy (non-hydrogen) atoms. The summed E-state index contributed by atoms with van der Waals surface area (Å²) in [5, 5.41) is 11.4. The molecule has 2 heterocycles. The second-order valence-corrected chi connectivity index (χ2v) is 8.52. The highest BCUT2D eigenvalue weighted by atomic mass is 16.5. The lowest BCUT2D eigenvalue weighted by Crippen LogP contribution is -2.28. The van der Waals surface area contributed by atoms with Crippen LogP contribution >= 0.6 is 0 Å². The molecule has 1 N–H and O–H groups in total. The fraction of sp³-hybridized carbons (Fsp3) is 0.429. The summed E-state index contributed by atoms with van der Waals surface area (Å²) >= 11 is 0. The van der Waals surface area contributed by atoms with Crippen LogP contribution in [0.15, 0.2) is 35.0 Å². The third kappa shape index (κ3) is 2.82. The number of carbonyl (C=O) groups is 1. The van der Waals surface area contributed by atoms with Crippen molar-refractivity contribution in [2.24, 2.45) is 12.5 Å². The largest absolute Gasteiger partial charge is 0.344 e. The van der Waals surface area contributed by atoms with Gasteiger partial charge in [0.05, 0.1) is 6.04 Å². The summed E-state index contributed by atoms with van der Waals surface area (Å²) < 4.78 is 7.08. The number of nitrogens with zero attached hydrogens (tertiary/aromatic N) is 4. The van der Waals surface area contributed by atoms with E-state index in [1.54, 1.807) is 24.0 Å². The van der Waals surface area contributed by atoms with E-state index < -0.39 is 0 Å². The zero-order chi connectivity index (χ0) is 19.5. The molecule has 0 saturated heterocycles. The van der Waals surface area contributed by atoms with Crippen LogP contribution in [-0.2, 0) is 13.5 Å². The smallest absolute Gasteiger partial charge is 0.270 e. The fourth-order valence-corrected chi connectivity index (χ4v) is 4.12. The molecule has 0 bridgehead atoms. The van der Waals surface area contributed by atoms with Crippen LogP contribution in [0.4, 0.5) is 0 Å². The Kier molecular flexibility index (Phi) is 3.69. The normalized spacial score (nSPS) is 22.1. The van der Waals surface area contributed by atoms with E-state index in [0.29, 0.717) is 17.4 Å². The van der Waals surface area contributed by atoms with Gasteiger partial charge < -0.3 is 9.84 Å². The van der Waals surface area contributed by atoms with Crippen LogP contribution in [0.2, 0.25) is 0 Å². The zero-order valence-corrected chi connectivity index (χ0v) is 16.3. The van der Waals surface area contributed by atoms with Crippen molar-refractivity contribution in [3.63, 3.8) is 0 Å². The van der Waals surface area contributed by atoms with Gasteiger partial charge in [-0.3, -0.25) is 9.48 Å². The number of rotatable bonds is 4. The Hall–Kier alpha value is -2.96. The number of fused-ring (bicyclic) bond motifs is 1. The van der Waals surface area contributed by atoms with Gasteiger partial charge in [0.1, 0.15) is 5.69 Å². The highest BCUT2D eigenvalue weighted by Crippen LogP contribution is 2.58. The van der Waals surface area contributed by atoms with E-state index in [2.05, 4.69) is 46.5 Å². The molecule has 1 unspecified atom stereocenters. The molecule has 2 aliphatic carbocycles. The first-order valence-corrected chi connectivity index (χ1v) is 9.68. The second kappa shape index (κ2) is 6.02. The Balaban J connectivity index is 1.34. The first-order chi connectivity index (χ1) is 13.4. The zero-order valence-electron chi connectivity index (χ0n) is 16.3. The third-order valence-corrected chi connectivity index (χ3v) is 6.09. The van der Waals surface area contributed by atoms with Crippen LogP contribution in [0.1, 0.15) is 66.2 Å². The average molecular weight is 377 g/mol. The van der Waals surface area contributed by atoms with E-state index in [-0.39, 0.29) is 17.4 Å². The molecular weight excluding hydrogens is 354 g/mol. The minimum absolute atomic E-state index is 0.0135. The van der Waals surface area contributed by atoms with Crippen LogP contribution in [0.25, 0.3) is 11.4 Å². The first kappa shape index (κ1) is 17.2. The maximum atomic E-state index is 12.5. The summed E-state index contributed by atoms with van der Waals surface area (Å²) in [4.78, 5) is 17.1. The van der Waals surface area contributed by atoms with Crippen molar-refractivity contribution in [2.45, 2.75) is 45.1 Å². The highest BCUT2D eigenvalue weighted by Gasteiger charge is 2.50. The summed E-state index contributed by atoms with van der Waals surface area (Å²) in [6.07, 6.45) is 4.53. The van der Waals surface area contributed by atoms with Crippen molar-refractivity contribution < 1.29 is 9.32 Å². The lowest BCUT2D eigenvalue weighted by molar-refractivity contribution is 0.0927. The van der Waals surface area contributed by atoms with E-state index in [1.165, 1.54) is 5.56 Å². The van der Waals surface area contributed by atoms with E-state index in [1.807, 2.05) is 6.07 Å². The van der Waals surface area contributed by atoms with Gasteiger partial charge in [0.15, 0.2) is 0 Å². The fourth-order valence-electron chi connectivity index (χ4n) is 4.12. The predicted molar refractivity (Wildman–Crippen MR) is 103 cm³/mol. The van der Waals surface area contributed by atoms with Crippen molar-refractivity contribution >= 4 is 5.91 Å². The highest BCUT2D eigenvalue weighted by molar-refractivity contribution is 5.92. The molecule has 1 saturated carbocycles. The summed E-state index contributed by atoms with van der Waals surface area (Å²) in [5.74, 6) is 1.65. The first-order valence-electron chi connectivity index (χ1n) is 9.68. The number of aromatic nitrogens is 4. The molecule has 1 aromatic carbocycles. The van der Waals surface area contributed by atoms with E-state index in [0.717, 1.165) is 36.3 Å². The van der Waals surface area contributed by atoms with Crippen molar-refractivity contribution in [1.82, 2.24) is 25.2 Å². The lowest BCUT2D eigenvalue weighted by atomic mass is 10.0. The van der Waals surface area contributed by atoms with Crippen molar-refractivity contribution in [2.75, 3.05) is 0 Å². The molecular formula is C21H23N5O2. The molecule has 2 aromatic heterocycles. The molecule has 1 fully saturated rings. The lowest BCUT2D eigenvalue weighted by Gasteiger charge is -2.14. The van der Waals surface area contributed by atoms with Gasteiger partial charge in [-0.1, -0.05) is 31.1 Å². The minimum Gasteiger partial charge on any atom is -0.344 e. The molecule has 0 radical (unpaired) electrons. The van der Waals surface area contributed by atoms with Gasteiger partial charge in [0.2, 0.25) is 11.7 Å². The molecule has 1 amide bonds. The van der Waals surface area contributed by atoms with E-state index in [9.17, 15) is 4.79 Å². The maximum Gasteiger partial charge on any atom is 0.270 e. The number of benzene rings is 1. The maximum absolute atomic E-state index is 12.5.